The molecule has 0 unspecified atom stereocenters. The fraction of sp³-hybridized carbons (Fsp3) is 0.250. The first kappa shape index (κ1) is 22.9. The molecule has 0 saturated heterocycles. The average molecular weight is 407 g/mol. The summed E-state index contributed by atoms with van der Waals surface area (Å²) in [6, 6.07) is 11.1. The quantitative estimate of drug-likeness (QED) is 0.204. The first-order chi connectivity index (χ1) is 14.3. The lowest BCUT2D eigenvalue weighted by atomic mass is 9.97. The fourth-order valence-corrected chi connectivity index (χ4v) is 2.78. The van der Waals surface area contributed by atoms with Gasteiger partial charge in [-0.3, -0.25) is 14.6 Å². The molecule has 0 atom stereocenters. The van der Waals surface area contributed by atoms with Gasteiger partial charge in [-0.15, -0.1) is 0 Å². The van der Waals surface area contributed by atoms with Crippen molar-refractivity contribution in [2.75, 3.05) is 0 Å². The molecule has 5 nitrogen and oxygen atoms in total. The van der Waals surface area contributed by atoms with E-state index in [1.807, 2.05) is 13.8 Å². The van der Waals surface area contributed by atoms with Crippen LogP contribution in [0.2, 0.25) is 0 Å². The van der Waals surface area contributed by atoms with E-state index in [0.29, 0.717) is 23.2 Å². The molecule has 0 aliphatic carbocycles. The van der Waals surface area contributed by atoms with Crippen molar-refractivity contribution < 1.29 is 14.0 Å². The maximum atomic E-state index is 13.7. The van der Waals surface area contributed by atoms with Crippen molar-refractivity contribution in [1.82, 2.24) is 0 Å². The molecule has 0 bridgehead atoms. The zero-order valence-corrected chi connectivity index (χ0v) is 17.5. The van der Waals surface area contributed by atoms with E-state index in [1.165, 1.54) is 25.3 Å². The third-order valence-corrected chi connectivity index (χ3v) is 4.62. The number of hydrogen-bond donors (Lipinski definition) is 1. The lowest BCUT2D eigenvalue weighted by molar-refractivity contribution is -0.115. The Labute approximate surface area is 176 Å². The zero-order chi connectivity index (χ0) is 22.1. The van der Waals surface area contributed by atoms with E-state index < -0.39 is 5.82 Å². The summed E-state index contributed by atoms with van der Waals surface area (Å²) in [5, 5.41) is 3.76. The number of carbonyl (C=O) groups is 2. The molecular weight excluding hydrogens is 381 g/mol. The highest BCUT2D eigenvalue weighted by Crippen LogP contribution is 2.18. The first-order valence-electron chi connectivity index (χ1n) is 9.80. The van der Waals surface area contributed by atoms with Gasteiger partial charge in [-0.2, -0.15) is 5.10 Å². The molecule has 0 saturated carbocycles. The number of unbranched alkanes of at least 4 members (excludes halogenated alkanes) is 1. The Morgan fingerprint density at radius 1 is 1.13 bits per heavy atom. The lowest BCUT2D eigenvalue weighted by Gasteiger charge is -2.08. The van der Waals surface area contributed by atoms with Crippen LogP contribution in [0, 0.1) is 12.7 Å². The number of hydrogen-bond acceptors (Lipinski definition) is 5. The predicted octanol–water partition coefficient (Wildman–Crippen LogP) is 5.20. The number of rotatable bonds is 9. The maximum absolute atomic E-state index is 13.7. The highest BCUT2D eigenvalue weighted by atomic mass is 19.1. The Bertz CT molecular complexity index is 1010. The molecule has 2 N–H and O–H groups in total. The van der Waals surface area contributed by atoms with Crippen LogP contribution >= 0.6 is 0 Å². The number of carbonyl (C=O) groups excluding carboxylic acids is 2. The molecule has 2 aromatic rings. The monoisotopic (exact) mass is 407 g/mol. The summed E-state index contributed by atoms with van der Waals surface area (Å²) < 4.78 is 13.7. The van der Waals surface area contributed by atoms with Gasteiger partial charge in [-0.25, -0.2) is 4.39 Å². The molecule has 0 aliphatic heterocycles. The molecule has 0 heterocycles. The molecule has 2 rings (SSSR count). The molecular formula is C24H26FN3O2. The predicted molar refractivity (Wildman–Crippen MR) is 120 cm³/mol. The molecule has 6 heteroatoms. The van der Waals surface area contributed by atoms with E-state index in [1.54, 1.807) is 36.4 Å². The van der Waals surface area contributed by atoms with Crippen LogP contribution in [-0.2, 0) is 4.79 Å². The minimum absolute atomic E-state index is 0.0352. The van der Waals surface area contributed by atoms with Gasteiger partial charge in [0, 0.05) is 17.6 Å². The van der Waals surface area contributed by atoms with Gasteiger partial charge >= 0.3 is 0 Å². The highest BCUT2D eigenvalue weighted by Gasteiger charge is 2.16. The second-order valence-corrected chi connectivity index (χ2v) is 6.96. The van der Waals surface area contributed by atoms with Crippen molar-refractivity contribution in [2.24, 2.45) is 15.9 Å². The van der Waals surface area contributed by atoms with Crippen molar-refractivity contribution in [3.05, 3.63) is 70.5 Å². The van der Waals surface area contributed by atoms with E-state index in [2.05, 4.69) is 10.1 Å². The van der Waals surface area contributed by atoms with Crippen molar-refractivity contribution in [3.63, 3.8) is 0 Å². The number of benzene rings is 2. The number of nitrogens with zero attached hydrogens (tertiary/aromatic N) is 2. The van der Waals surface area contributed by atoms with Crippen molar-refractivity contribution in [1.29, 1.82) is 0 Å². The smallest absolute Gasteiger partial charge is 0.165 e. The summed E-state index contributed by atoms with van der Waals surface area (Å²) in [5.74, 6) is 5.01. The van der Waals surface area contributed by atoms with E-state index in [-0.39, 0.29) is 22.9 Å². The van der Waals surface area contributed by atoms with Gasteiger partial charge < -0.3 is 5.84 Å². The lowest BCUT2D eigenvalue weighted by Crippen LogP contribution is -2.16. The Balaban J connectivity index is 2.41. The fourth-order valence-electron chi connectivity index (χ4n) is 2.78. The van der Waals surface area contributed by atoms with E-state index in [0.717, 1.165) is 18.4 Å². The number of hydrazone groups is 1. The minimum Gasteiger partial charge on any atom is -0.323 e. The second kappa shape index (κ2) is 11.0. The third-order valence-electron chi connectivity index (χ3n) is 4.62. The summed E-state index contributed by atoms with van der Waals surface area (Å²) in [4.78, 5) is 28.6. The van der Waals surface area contributed by atoms with Gasteiger partial charge in [0.2, 0.25) is 0 Å². The SMILES string of the molecule is CCCCC(=O)/C(=C\c1cc(F)ccc1C)C(C=Nc1ccc(C(C)=O)cc1)=NN. The van der Waals surface area contributed by atoms with Crippen LogP contribution in [0.1, 0.15) is 54.6 Å². The van der Waals surface area contributed by atoms with Gasteiger partial charge in [0.25, 0.3) is 0 Å². The maximum Gasteiger partial charge on any atom is 0.165 e. The largest absolute Gasteiger partial charge is 0.323 e. The van der Waals surface area contributed by atoms with Gasteiger partial charge in [-0.1, -0.05) is 19.4 Å². The van der Waals surface area contributed by atoms with E-state index in [4.69, 9.17) is 5.84 Å². The molecule has 0 radical (unpaired) electrons. The molecule has 30 heavy (non-hydrogen) atoms. The standard InChI is InChI=1S/C24H26FN3O2/c1-4-5-6-24(30)22(14-19-13-20(25)10-7-16(19)2)23(28-26)15-27-21-11-8-18(9-12-21)17(3)29/h7-15H,4-6,26H2,1-3H3/b22-14-,27-15?,28-23?. The molecule has 0 spiro atoms. The van der Waals surface area contributed by atoms with Crippen molar-refractivity contribution >= 4 is 35.3 Å². The highest BCUT2D eigenvalue weighted by molar-refractivity contribution is 6.47. The average Bonchev–Trinajstić information content (AvgIpc) is 2.74. The van der Waals surface area contributed by atoms with E-state index in [9.17, 15) is 14.0 Å². The molecule has 0 aromatic heterocycles. The zero-order valence-electron chi connectivity index (χ0n) is 17.5. The van der Waals surface area contributed by atoms with Gasteiger partial charge in [0.15, 0.2) is 11.6 Å². The summed E-state index contributed by atoms with van der Waals surface area (Å²) in [6.45, 7) is 5.33. The summed E-state index contributed by atoms with van der Waals surface area (Å²) in [6.07, 6.45) is 4.93. The van der Waals surface area contributed by atoms with Crippen LogP contribution in [0.25, 0.3) is 6.08 Å². The van der Waals surface area contributed by atoms with Crippen LogP contribution in [0.3, 0.4) is 0 Å². The number of nitrogens with two attached hydrogens (primary N) is 1. The number of ketones is 2. The van der Waals surface area contributed by atoms with E-state index >= 15 is 0 Å². The summed E-state index contributed by atoms with van der Waals surface area (Å²) in [5.41, 5.74) is 3.06. The number of aliphatic imine (C=N–C) groups is 1. The Morgan fingerprint density at radius 2 is 1.83 bits per heavy atom. The number of halogens is 1. The van der Waals surface area contributed by atoms with Crippen LogP contribution in [0.4, 0.5) is 10.1 Å². The van der Waals surface area contributed by atoms with Crippen LogP contribution in [-0.4, -0.2) is 23.5 Å². The number of Topliss-reactive ketones (excluding diaryl/α,β-unsaturated/α-hetero) is 2. The Kier molecular flexibility index (Phi) is 8.35. The van der Waals surface area contributed by atoms with Crippen LogP contribution in [0.15, 0.2) is 58.1 Å². The van der Waals surface area contributed by atoms with Crippen molar-refractivity contribution in [3.8, 4) is 0 Å². The Morgan fingerprint density at radius 3 is 2.43 bits per heavy atom. The van der Waals surface area contributed by atoms with Gasteiger partial charge in [0.05, 0.1) is 11.9 Å². The third kappa shape index (κ3) is 6.30. The Hall–Kier alpha value is -3.41. The van der Waals surface area contributed by atoms with Crippen LogP contribution < -0.4 is 5.84 Å². The first-order valence-corrected chi connectivity index (χ1v) is 9.80. The molecule has 0 amide bonds. The normalized spacial score (nSPS) is 12.4. The topological polar surface area (TPSA) is 84.9 Å². The van der Waals surface area contributed by atoms with Gasteiger partial charge in [0.1, 0.15) is 11.5 Å². The summed E-state index contributed by atoms with van der Waals surface area (Å²) >= 11 is 0. The number of aryl methyl sites for hydroxylation is 1. The minimum atomic E-state index is -0.391. The summed E-state index contributed by atoms with van der Waals surface area (Å²) in [7, 11) is 0. The van der Waals surface area contributed by atoms with Gasteiger partial charge in [-0.05, 0) is 73.9 Å². The molecule has 0 fully saturated rings. The second-order valence-electron chi connectivity index (χ2n) is 6.96. The molecule has 2 aromatic carbocycles. The number of allylic oxidation sites excluding steroid dienone is 1. The van der Waals surface area contributed by atoms with Crippen molar-refractivity contribution in [2.45, 2.75) is 40.0 Å². The molecule has 0 aliphatic rings. The van der Waals surface area contributed by atoms with Crippen LogP contribution in [0.5, 0.6) is 0 Å². The molecule has 156 valence electrons.